The van der Waals surface area contributed by atoms with E-state index >= 15 is 0 Å². The number of rotatable bonds is 4. The number of hydrogen-bond acceptors (Lipinski definition) is 4. The molecule has 1 N–H and O–H groups in total. The van der Waals surface area contributed by atoms with Gasteiger partial charge in [0.2, 0.25) is 0 Å². The molecule has 0 aromatic carbocycles. The fourth-order valence-corrected chi connectivity index (χ4v) is 1.54. The van der Waals surface area contributed by atoms with Gasteiger partial charge in [0.15, 0.2) is 12.2 Å². The lowest BCUT2D eigenvalue weighted by atomic mass is 10.1. The summed E-state index contributed by atoms with van der Waals surface area (Å²) in [4.78, 5) is 4.21. The van der Waals surface area contributed by atoms with Gasteiger partial charge in [0.05, 0.1) is 11.8 Å². The van der Waals surface area contributed by atoms with Crippen molar-refractivity contribution in [1.29, 1.82) is 0 Å². The van der Waals surface area contributed by atoms with Gasteiger partial charge < -0.3 is 14.2 Å². The third kappa shape index (κ3) is 2.17. The lowest BCUT2D eigenvalue weighted by Gasteiger charge is -2.06. The quantitative estimate of drug-likeness (QED) is 0.860. The Labute approximate surface area is 94.7 Å². The summed E-state index contributed by atoms with van der Waals surface area (Å²) >= 11 is 0. The zero-order valence-electron chi connectivity index (χ0n) is 9.78. The summed E-state index contributed by atoms with van der Waals surface area (Å²) in [6.07, 6.45) is 3.13. The summed E-state index contributed by atoms with van der Waals surface area (Å²) in [5, 5.41) is 3.32. The van der Waals surface area contributed by atoms with Crippen LogP contribution in [-0.2, 0) is 6.54 Å². The van der Waals surface area contributed by atoms with Crippen LogP contribution in [0.2, 0.25) is 0 Å². The van der Waals surface area contributed by atoms with Crippen molar-refractivity contribution in [1.82, 2.24) is 10.3 Å². The van der Waals surface area contributed by atoms with Crippen LogP contribution in [0, 0.1) is 6.92 Å². The van der Waals surface area contributed by atoms with Crippen LogP contribution in [0.25, 0.3) is 11.3 Å². The topological polar surface area (TPSA) is 51.2 Å². The van der Waals surface area contributed by atoms with E-state index in [2.05, 4.69) is 24.1 Å². The van der Waals surface area contributed by atoms with E-state index in [1.54, 1.807) is 6.26 Å². The average Bonchev–Trinajstić information content (AvgIpc) is 2.82. The predicted octanol–water partition coefficient (Wildman–Crippen LogP) is 2.74. The molecular formula is C12H16N2O2. The number of hydrogen-bond donors (Lipinski definition) is 1. The molecule has 0 aliphatic rings. The SMILES string of the molecule is Cc1occc1-c1ocnc1CNC(C)C. The van der Waals surface area contributed by atoms with Crippen molar-refractivity contribution >= 4 is 0 Å². The van der Waals surface area contributed by atoms with E-state index in [0.29, 0.717) is 12.6 Å². The minimum Gasteiger partial charge on any atom is -0.469 e. The van der Waals surface area contributed by atoms with Gasteiger partial charge in [-0.05, 0) is 13.0 Å². The molecule has 0 saturated heterocycles. The molecule has 4 heteroatoms. The summed E-state index contributed by atoms with van der Waals surface area (Å²) in [5.74, 6) is 1.64. The van der Waals surface area contributed by atoms with Crippen LogP contribution in [0.3, 0.4) is 0 Å². The Morgan fingerprint density at radius 2 is 2.19 bits per heavy atom. The van der Waals surface area contributed by atoms with Gasteiger partial charge in [-0.1, -0.05) is 13.8 Å². The van der Waals surface area contributed by atoms with Crippen LogP contribution in [0.1, 0.15) is 25.3 Å². The van der Waals surface area contributed by atoms with Gasteiger partial charge >= 0.3 is 0 Å². The molecule has 0 radical (unpaired) electrons. The maximum absolute atomic E-state index is 5.41. The fraction of sp³-hybridized carbons (Fsp3) is 0.417. The highest BCUT2D eigenvalue weighted by Crippen LogP contribution is 2.27. The van der Waals surface area contributed by atoms with Crippen molar-refractivity contribution in [3.63, 3.8) is 0 Å². The second-order valence-electron chi connectivity index (χ2n) is 4.05. The molecule has 86 valence electrons. The number of aromatic nitrogens is 1. The van der Waals surface area contributed by atoms with Crippen LogP contribution in [-0.4, -0.2) is 11.0 Å². The Balaban J connectivity index is 2.23. The smallest absolute Gasteiger partial charge is 0.181 e. The summed E-state index contributed by atoms with van der Waals surface area (Å²) in [5.41, 5.74) is 1.89. The molecule has 0 bridgehead atoms. The van der Waals surface area contributed by atoms with E-state index in [1.165, 1.54) is 6.39 Å². The zero-order valence-corrected chi connectivity index (χ0v) is 9.78. The number of nitrogens with one attached hydrogen (secondary N) is 1. The summed E-state index contributed by atoms with van der Waals surface area (Å²) < 4.78 is 10.7. The second kappa shape index (κ2) is 4.53. The first-order chi connectivity index (χ1) is 7.68. The Hall–Kier alpha value is -1.55. The van der Waals surface area contributed by atoms with Crippen molar-refractivity contribution in [3.8, 4) is 11.3 Å². The lowest BCUT2D eigenvalue weighted by molar-refractivity contribution is 0.529. The van der Waals surface area contributed by atoms with Crippen LogP contribution in [0.4, 0.5) is 0 Å². The average molecular weight is 220 g/mol. The normalized spacial score (nSPS) is 11.2. The summed E-state index contributed by atoms with van der Waals surface area (Å²) in [6, 6.07) is 2.32. The third-order valence-corrected chi connectivity index (χ3v) is 2.42. The monoisotopic (exact) mass is 220 g/mol. The van der Waals surface area contributed by atoms with Crippen molar-refractivity contribution in [2.45, 2.75) is 33.4 Å². The summed E-state index contributed by atoms with van der Waals surface area (Å²) in [7, 11) is 0. The van der Waals surface area contributed by atoms with Gasteiger partial charge in [-0.15, -0.1) is 0 Å². The predicted molar refractivity (Wildman–Crippen MR) is 60.9 cm³/mol. The van der Waals surface area contributed by atoms with Crippen molar-refractivity contribution < 1.29 is 8.83 Å². The van der Waals surface area contributed by atoms with Gasteiger partial charge in [0.1, 0.15) is 11.5 Å². The fourth-order valence-electron chi connectivity index (χ4n) is 1.54. The largest absolute Gasteiger partial charge is 0.469 e. The van der Waals surface area contributed by atoms with Crippen molar-refractivity contribution in [2.75, 3.05) is 0 Å². The van der Waals surface area contributed by atoms with Crippen LogP contribution in [0.5, 0.6) is 0 Å². The molecule has 0 aliphatic heterocycles. The molecule has 0 unspecified atom stereocenters. The van der Waals surface area contributed by atoms with E-state index in [-0.39, 0.29) is 0 Å². The third-order valence-electron chi connectivity index (χ3n) is 2.42. The molecule has 2 aromatic heterocycles. The molecule has 4 nitrogen and oxygen atoms in total. The first kappa shape index (κ1) is 11.0. The van der Waals surface area contributed by atoms with E-state index in [9.17, 15) is 0 Å². The van der Waals surface area contributed by atoms with Crippen molar-refractivity contribution in [2.24, 2.45) is 0 Å². The van der Waals surface area contributed by atoms with E-state index in [1.807, 2.05) is 13.0 Å². The molecule has 0 aliphatic carbocycles. The highest BCUT2D eigenvalue weighted by molar-refractivity contribution is 5.61. The standard InChI is InChI=1S/C12H16N2O2/c1-8(2)13-6-11-12(16-7-14-11)10-4-5-15-9(10)3/h4-5,7-8,13H,6H2,1-3H3. The van der Waals surface area contributed by atoms with Crippen LogP contribution >= 0.6 is 0 Å². The molecule has 0 amide bonds. The zero-order chi connectivity index (χ0) is 11.5. The number of aryl methyl sites for hydroxylation is 1. The minimum atomic E-state index is 0.426. The molecule has 0 saturated carbocycles. The minimum absolute atomic E-state index is 0.426. The van der Waals surface area contributed by atoms with Crippen molar-refractivity contribution in [3.05, 3.63) is 30.2 Å². The molecule has 2 heterocycles. The molecule has 2 aromatic rings. The first-order valence-corrected chi connectivity index (χ1v) is 5.38. The van der Waals surface area contributed by atoms with Gasteiger partial charge in [-0.3, -0.25) is 0 Å². The number of furan rings is 1. The Morgan fingerprint density at radius 1 is 1.38 bits per heavy atom. The highest BCUT2D eigenvalue weighted by atomic mass is 16.3. The van der Waals surface area contributed by atoms with E-state index in [4.69, 9.17) is 8.83 Å². The highest BCUT2D eigenvalue weighted by Gasteiger charge is 2.14. The van der Waals surface area contributed by atoms with E-state index < -0.39 is 0 Å². The number of nitrogens with zero attached hydrogens (tertiary/aromatic N) is 1. The van der Waals surface area contributed by atoms with Gasteiger partial charge in [0.25, 0.3) is 0 Å². The lowest BCUT2D eigenvalue weighted by Crippen LogP contribution is -2.22. The van der Waals surface area contributed by atoms with Gasteiger partial charge in [-0.25, -0.2) is 4.98 Å². The molecule has 0 spiro atoms. The Morgan fingerprint density at radius 3 is 2.81 bits per heavy atom. The van der Waals surface area contributed by atoms with E-state index in [0.717, 1.165) is 22.8 Å². The van der Waals surface area contributed by atoms with Crippen LogP contribution in [0.15, 0.2) is 27.6 Å². The molecule has 2 rings (SSSR count). The maximum Gasteiger partial charge on any atom is 0.181 e. The molecule has 0 fully saturated rings. The number of oxazole rings is 1. The maximum atomic E-state index is 5.41. The molecule has 0 atom stereocenters. The molecular weight excluding hydrogens is 204 g/mol. The van der Waals surface area contributed by atoms with Crippen LogP contribution < -0.4 is 5.32 Å². The van der Waals surface area contributed by atoms with Gasteiger partial charge in [0, 0.05) is 12.6 Å². The molecule has 16 heavy (non-hydrogen) atoms. The Bertz CT molecular complexity index is 457. The first-order valence-electron chi connectivity index (χ1n) is 5.38. The summed E-state index contributed by atoms with van der Waals surface area (Å²) in [6.45, 7) is 6.82. The Kier molecular flexibility index (Phi) is 3.10. The second-order valence-corrected chi connectivity index (χ2v) is 4.05. The van der Waals surface area contributed by atoms with Gasteiger partial charge in [-0.2, -0.15) is 0 Å².